The number of carbonyl (C=O) groups excluding carboxylic acids is 1. The van der Waals surface area contributed by atoms with Gasteiger partial charge in [0.2, 0.25) is 5.91 Å². The highest BCUT2D eigenvalue weighted by molar-refractivity contribution is 5.79. The molecule has 0 N–H and O–H groups in total. The molecule has 27 heavy (non-hydrogen) atoms. The van der Waals surface area contributed by atoms with Crippen LogP contribution in [-0.4, -0.2) is 52.0 Å². The third kappa shape index (κ3) is 3.98. The van der Waals surface area contributed by atoms with Crippen LogP contribution < -0.4 is 5.69 Å². The van der Waals surface area contributed by atoms with Gasteiger partial charge in [-0.05, 0) is 38.5 Å². The molecular weight excluding hydrogens is 344 g/mol. The van der Waals surface area contributed by atoms with Crippen molar-refractivity contribution in [2.75, 3.05) is 26.8 Å². The first-order valence-corrected chi connectivity index (χ1v) is 10.7. The molecule has 0 spiro atoms. The van der Waals surface area contributed by atoms with E-state index in [9.17, 15) is 9.59 Å². The minimum Gasteiger partial charge on any atom is -0.383 e. The van der Waals surface area contributed by atoms with Gasteiger partial charge in [-0.15, -0.1) is 0 Å². The maximum atomic E-state index is 13.0. The van der Waals surface area contributed by atoms with Gasteiger partial charge in [-0.1, -0.05) is 19.3 Å². The van der Waals surface area contributed by atoms with E-state index in [0.717, 1.165) is 50.9 Å². The van der Waals surface area contributed by atoms with Crippen molar-refractivity contribution in [3.63, 3.8) is 0 Å². The molecule has 150 valence electrons. The minimum absolute atomic E-state index is 0.0136. The third-order valence-corrected chi connectivity index (χ3v) is 6.37. The standard InChI is InChI=1S/C20H32N4O3/c1-27-13-12-23-20(26)24(17-9-10-17)18(21-23)16-8-5-11-22(14-16)19(25)15-6-3-2-4-7-15/h15-17H,2-14H2,1H3. The highest BCUT2D eigenvalue weighted by Crippen LogP contribution is 2.37. The zero-order valence-corrected chi connectivity index (χ0v) is 16.4. The number of rotatable bonds is 6. The Hall–Kier alpha value is -1.63. The number of carbonyl (C=O) groups is 1. The van der Waals surface area contributed by atoms with E-state index in [1.54, 1.807) is 11.8 Å². The Morgan fingerprint density at radius 2 is 1.89 bits per heavy atom. The van der Waals surface area contributed by atoms with Gasteiger partial charge in [0.25, 0.3) is 0 Å². The topological polar surface area (TPSA) is 69.4 Å². The monoisotopic (exact) mass is 376 g/mol. The number of aromatic nitrogens is 3. The minimum atomic E-state index is -0.0136. The van der Waals surface area contributed by atoms with Gasteiger partial charge in [-0.2, -0.15) is 5.10 Å². The van der Waals surface area contributed by atoms with Crippen LogP contribution in [0.25, 0.3) is 0 Å². The summed E-state index contributed by atoms with van der Waals surface area (Å²) in [6.07, 6.45) is 9.81. The molecule has 0 radical (unpaired) electrons. The molecule has 7 heteroatoms. The van der Waals surface area contributed by atoms with E-state index >= 15 is 0 Å². The summed E-state index contributed by atoms with van der Waals surface area (Å²) >= 11 is 0. The lowest BCUT2D eigenvalue weighted by molar-refractivity contribution is -0.137. The van der Waals surface area contributed by atoms with Crippen LogP contribution in [-0.2, 0) is 16.1 Å². The van der Waals surface area contributed by atoms with Crippen LogP contribution in [0.1, 0.15) is 75.6 Å². The first-order valence-electron chi connectivity index (χ1n) is 10.7. The second-order valence-electron chi connectivity index (χ2n) is 8.42. The zero-order chi connectivity index (χ0) is 18.8. The number of hydrogen-bond acceptors (Lipinski definition) is 4. The maximum Gasteiger partial charge on any atom is 0.346 e. The van der Waals surface area contributed by atoms with E-state index in [4.69, 9.17) is 4.74 Å². The van der Waals surface area contributed by atoms with Crippen molar-refractivity contribution < 1.29 is 9.53 Å². The first kappa shape index (κ1) is 18.7. The van der Waals surface area contributed by atoms with Crippen molar-refractivity contribution in [3.8, 4) is 0 Å². The van der Waals surface area contributed by atoms with Crippen molar-refractivity contribution in [2.24, 2.45) is 5.92 Å². The van der Waals surface area contributed by atoms with Gasteiger partial charge in [-0.3, -0.25) is 9.36 Å². The molecule has 1 unspecified atom stereocenters. The zero-order valence-electron chi connectivity index (χ0n) is 16.4. The van der Waals surface area contributed by atoms with Gasteiger partial charge in [-0.25, -0.2) is 9.48 Å². The molecule has 1 atom stereocenters. The summed E-state index contributed by atoms with van der Waals surface area (Å²) in [5.74, 6) is 1.60. The average Bonchev–Trinajstić information content (AvgIpc) is 3.50. The molecule has 2 heterocycles. The Morgan fingerprint density at radius 1 is 1.11 bits per heavy atom. The molecular formula is C20H32N4O3. The summed E-state index contributed by atoms with van der Waals surface area (Å²) in [4.78, 5) is 27.9. The van der Waals surface area contributed by atoms with Gasteiger partial charge in [0, 0.05) is 38.1 Å². The number of methoxy groups -OCH3 is 1. The van der Waals surface area contributed by atoms with Crippen molar-refractivity contribution in [3.05, 3.63) is 16.3 Å². The SMILES string of the molecule is COCCn1nc(C2CCCN(C(=O)C3CCCCC3)C2)n(C2CC2)c1=O. The predicted molar refractivity (Wildman–Crippen MR) is 102 cm³/mol. The molecule has 1 saturated heterocycles. The van der Waals surface area contributed by atoms with Crippen LogP contribution in [0.5, 0.6) is 0 Å². The molecule has 0 aromatic carbocycles. The van der Waals surface area contributed by atoms with Gasteiger partial charge in [0.05, 0.1) is 13.2 Å². The number of piperidine rings is 1. The lowest BCUT2D eigenvalue weighted by Gasteiger charge is -2.35. The van der Waals surface area contributed by atoms with Crippen LogP contribution in [0, 0.1) is 5.92 Å². The fraction of sp³-hybridized carbons (Fsp3) is 0.850. The Morgan fingerprint density at radius 3 is 2.59 bits per heavy atom. The van der Waals surface area contributed by atoms with Crippen LogP contribution in [0.15, 0.2) is 4.79 Å². The number of hydrogen-bond donors (Lipinski definition) is 0. The largest absolute Gasteiger partial charge is 0.383 e. The van der Waals surface area contributed by atoms with Crippen molar-refractivity contribution in [2.45, 2.75) is 76.3 Å². The van der Waals surface area contributed by atoms with Crippen molar-refractivity contribution >= 4 is 5.91 Å². The van der Waals surface area contributed by atoms with Crippen LogP contribution in [0.3, 0.4) is 0 Å². The summed E-state index contributed by atoms with van der Waals surface area (Å²) in [7, 11) is 1.64. The van der Waals surface area contributed by atoms with Gasteiger partial charge >= 0.3 is 5.69 Å². The summed E-state index contributed by atoms with van der Waals surface area (Å²) in [5.41, 5.74) is -0.0136. The van der Waals surface area contributed by atoms with E-state index in [1.807, 2.05) is 4.57 Å². The fourth-order valence-corrected chi connectivity index (χ4v) is 4.71. The van der Waals surface area contributed by atoms with E-state index < -0.39 is 0 Å². The first-order chi connectivity index (χ1) is 13.2. The molecule has 1 aromatic heterocycles. The Labute approximate surface area is 160 Å². The molecule has 4 rings (SSSR count). The molecule has 0 bridgehead atoms. The summed E-state index contributed by atoms with van der Waals surface area (Å²) in [6, 6.07) is 0.299. The van der Waals surface area contributed by atoms with Crippen molar-refractivity contribution in [1.82, 2.24) is 19.2 Å². The highest BCUT2D eigenvalue weighted by Gasteiger charge is 2.36. The van der Waals surface area contributed by atoms with Crippen molar-refractivity contribution in [1.29, 1.82) is 0 Å². The molecule has 1 aliphatic heterocycles. The predicted octanol–water partition coefficient (Wildman–Crippen LogP) is 2.31. The molecule has 1 aromatic rings. The number of amides is 1. The van der Waals surface area contributed by atoms with E-state index in [1.165, 1.54) is 19.3 Å². The van der Waals surface area contributed by atoms with Gasteiger partial charge in [0.1, 0.15) is 5.82 Å². The molecule has 7 nitrogen and oxygen atoms in total. The molecule has 2 saturated carbocycles. The Kier molecular flexibility index (Phi) is 5.66. The normalized spacial score (nSPS) is 24.3. The lowest BCUT2D eigenvalue weighted by atomic mass is 9.87. The van der Waals surface area contributed by atoms with Crippen LogP contribution in [0.4, 0.5) is 0 Å². The van der Waals surface area contributed by atoms with Crippen LogP contribution >= 0.6 is 0 Å². The third-order valence-electron chi connectivity index (χ3n) is 6.37. The van der Waals surface area contributed by atoms with E-state index in [0.29, 0.717) is 31.6 Å². The Balaban J connectivity index is 1.52. The molecule has 1 amide bonds. The summed E-state index contributed by atoms with van der Waals surface area (Å²) in [6.45, 7) is 2.53. The second kappa shape index (κ2) is 8.17. The summed E-state index contributed by atoms with van der Waals surface area (Å²) < 4.78 is 8.59. The Bertz CT molecular complexity index is 715. The average molecular weight is 377 g/mol. The smallest absolute Gasteiger partial charge is 0.346 e. The van der Waals surface area contributed by atoms with E-state index in [2.05, 4.69) is 10.00 Å². The second-order valence-corrected chi connectivity index (χ2v) is 8.42. The molecule has 3 aliphatic rings. The number of likely N-dealkylation sites (tertiary alicyclic amines) is 1. The fourth-order valence-electron chi connectivity index (χ4n) is 4.71. The quantitative estimate of drug-likeness (QED) is 0.764. The summed E-state index contributed by atoms with van der Waals surface area (Å²) in [5, 5.41) is 4.69. The molecule has 3 fully saturated rings. The maximum absolute atomic E-state index is 13.0. The molecule has 2 aliphatic carbocycles. The highest BCUT2D eigenvalue weighted by atomic mass is 16.5. The van der Waals surface area contributed by atoms with Crippen LogP contribution in [0.2, 0.25) is 0 Å². The lowest BCUT2D eigenvalue weighted by Crippen LogP contribution is -2.43. The number of ether oxygens (including phenoxy) is 1. The number of nitrogens with zero attached hydrogens (tertiary/aromatic N) is 4. The van der Waals surface area contributed by atoms with Gasteiger partial charge < -0.3 is 9.64 Å². The van der Waals surface area contributed by atoms with E-state index in [-0.39, 0.29) is 17.5 Å². The van der Waals surface area contributed by atoms with Gasteiger partial charge in [0.15, 0.2) is 0 Å².